The number of nitrogens with one attached hydrogen (secondary N) is 1. The summed E-state index contributed by atoms with van der Waals surface area (Å²) in [6.45, 7) is 4.89. The highest BCUT2D eigenvalue weighted by Gasteiger charge is 2.18. The zero-order valence-corrected chi connectivity index (χ0v) is 50.5. The molecule has 2 unspecified atom stereocenters. The molecular formula is C69H131NO5. The Kier molecular flexibility index (Phi) is 63.0. The summed E-state index contributed by atoms with van der Waals surface area (Å²) in [5.41, 5.74) is 0. The predicted molar refractivity (Wildman–Crippen MR) is 329 cm³/mol. The molecule has 0 fully saturated rings. The van der Waals surface area contributed by atoms with E-state index >= 15 is 0 Å². The molecule has 0 bridgehead atoms. The molecule has 3 N–H and O–H groups in total. The number of amides is 1. The van der Waals surface area contributed by atoms with E-state index in [4.69, 9.17) is 4.74 Å². The lowest BCUT2D eigenvalue weighted by Gasteiger charge is -2.20. The van der Waals surface area contributed by atoms with E-state index in [1.54, 1.807) is 6.08 Å². The number of hydrogen-bond donors (Lipinski definition) is 3. The second-order valence-corrected chi connectivity index (χ2v) is 23.2. The van der Waals surface area contributed by atoms with Crippen molar-refractivity contribution in [1.82, 2.24) is 5.32 Å². The van der Waals surface area contributed by atoms with Crippen molar-refractivity contribution in [3.63, 3.8) is 0 Å². The van der Waals surface area contributed by atoms with E-state index in [1.807, 2.05) is 6.08 Å². The summed E-state index contributed by atoms with van der Waals surface area (Å²) < 4.78 is 5.48. The van der Waals surface area contributed by atoms with Crippen molar-refractivity contribution >= 4 is 11.9 Å². The lowest BCUT2D eigenvalue weighted by Crippen LogP contribution is -2.45. The van der Waals surface area contributed by atoms with Crippen LogP contribution in [-0.2, 0) is 14.3 Å². The van der Waals surface area contributed by atoms with E-state index in [9.17, 15) is 19.8 Å². The normalized spacial score (nSPS) is 12.7. The fourth-order valence-electron chi connectivity index (χ4n) is 10.5. The predicted octanol–water partition coefficient (Wildman–Crippen LogP) is 21.5. The fourth-order valence-corrected chi connectivity index (χ4v) is 10.5. The first-order chi connectivity index (χ1) is 37.0. The highest BCUT2D eigenvalue weighted by Crippen LogP contribution is 2.18. The summed E-state index contributed by atoms with van der Waals surface area (Å²) in [7, 11) is 0. The van der Waals surface area contributed by atoms with E-state index in [2.05, 4.69) is 43.5 Å². The Labute approximate surface area is 468 Å². The molecule has 442 valence electrons. The van der Waals surface area contributed by atoms with Crippen LogP contribution in [0.1, 0.15) is 367 Å². The molecule has 0 aliphatic rings. The molecule has 0 saturated carbocycles. The molecule has 75 heavy (non-hydrogen) atoms. The zero-order chi connectivity index (χ0) is 54.3. The average Bonchev–Trinajstić information content (AvgIpc) is 3.41. The molecular weight excluding hydrogens is 923 g/mol. The van der Waals surface area contributed by atoms with Crippen molar-refractivity contribution in [2.45, 2.75) is 379 Å². The van der Waals surface area contributed by atoms with Gasteiger partial charge in [-0.15, -0.1) is 0 Å². The quantitative estimate of drug-likeness (QED) is 0.0320. The summed E-state index contributed by atoms with van der Waals surface area (Å²) >= 11 is 0. The molecule has 0 saturated heterocycles. The largest absolute Gasteiger partial charge is 0.466 e. The molecule has 0 aromatic heterocycles. The molecule has 2 atom stereocenters. The van der Waals surface area contributed by atoms with E-state index in [-0.39, 0.29) is 18.5 Å². The van der Waals surface area contributed by atoms with Crippen LogP contribution in [0.5, 0.6) is 0 Å². The summed E-state index contributed by atoms with van der Waals surface area (Å²) in [6, 6.07) is -0.629. The van der Waals surface area contributed by atoms with Gasteiger partial charge in [-0.05, 0) is 57.8 Å². The maximum absolute atomic E-state index is 12.5. The minimum atomic E-state index is -0.845. The van der Waals surface area contributed by atoms with Crippen LogP contribution in [0.2, 0.25) is 0 Å². The molecule has 0 aliphatic carbocycles. The monoisotopic (exact) mass is 1050 g/mol. The van der Waals surface area contributed by atoms with Gasteiger partial charge in [0.15, 0.2) is 0 Å². The van der Waals surface area contributed by atoms with Crippen LogP contribution in [-0.4, -0.2) is 47.4 Å². The molecule has 0 aromatic carbocycles. The van der Waals surface area contributed by atoms with Gasteiger partial charge in [-0.1, -0.05) is 333 Å². The van der Waals surface area contributed by atoms with Gasteiger partial charge in [-0.25, -0.2) is 0 Å². The molecule has 0 rings (SSSR count). The van der Waals surface area contributed by atoms with E-state index in [1.165, 1.54) is 289 Å². The summed E-state index contributed by atoms with van der Waals surface area (Å²) in [6.07, 6.45) is 82.0. The molecule has 0 aromatic rings. The van der Waals surface area contributed by atoms with Gasteiger partial charge >= 0.3 is 5.97 Å². The Morgan fingerprint density at radius 2 is 0.680 bits per heavy atom. The molecule has 0 heterocycles. The van der Waals surface area contributed by atoms with Gasteiger partial charge in [0.25, 0.3) is 0 Å². The third-order valence-corrected chi connectivity index (χ3v) is 15.7. The SMILES string of the molecule is CCCC/C=C\C/C=C\CCCCCCCC(=O)OCCCCCCCCCCCCCCCCCCCCCCCCCC(=O)NC(CO)C(O)/C=C/CCCCCCCCCCCCCCCCCCCCC. The second-order valence-electron chi connectivity index (χ2n) is 23.2. The lowest BCUT2D eigenvalue weighted by atomic mass is 10.0. The fraction of sp³-hybridized carbons (Fsp3) is 0.884. The van der Waals surface area contributed by atoms with Crippen LogP contribution in [0.25, 0.3) is 0 Å². The van der Waals surface area contributed by atoms with Crippen LogP contribution in [0.15, 0.2) is 36.5 Å². The van der Waals surface area contributed by atoms with Crippen molar-refractivity contribution in [2.24, 2.45) is 0 Å². The van der Waals surface area contributed by atoms with Crippen molar-refractivity contribution < 1.29 is 24.5 Å². The Morgan fingerprint density at radius 3 is 1.05 bits per heavy atom. The van der Waals surface area contributed by atoms with Gasteiger partial charge in [0.1, 0.15) is 0 Å². The Bertz CT molecular complexity index is 1210. The Hall–Kier alpha value is -1.92. The smallest absolute Gasteiger partial charge is 0.305 e. The van der Waals surface area contributed by atoms with Gasteiger partial charge in [-0.3, -0.25) is 9.59 Å². The Morgan fingerprint density at radius 1 is 0.373 bits per heavy atom. The van der Waals surface area contributed by atoms with E-state index in [0.29, 0.717) is 19.4 Å². The van der Waals surface area contributed by atoms with Crippen LogP contribution in [0.4, 0.5) is 0 Å². The number of ether oxygens (including phenoxy) is 1. The van der Waals surface area contributed by atoms with Gasteiger partial charge in [0.2, 0.25) is 5.91 Å². The topological polar surface area (TPSA) is 95.9 Å². The number of aliphatic hydroxyl groups excluding tert-OH is 2. The van der Waals surface area contributed by atoms with Crippen molar-refractivity contribution in [2.75, 3.05) is 13.2 Å². The van der Waals surface area contributed by atoms with Gasteiger partial charge in [-0.2, -0.15) is 0 Å². The second kappa shape index (κ2) is 64.6. The maximum Gasteiger partial charge on any atom is 0.305 e. The van der Waals surface area contributed by atoms with Crippen molar-refractivity contribution in [1.29, 1.82) is 0 Å². The first-order valence-corrected chi connectivity index (χ1v) is 33.8. The molecule has 6 heteroatoms. The number of hydrogen-bond acceptors (Lipinski definition) is 5. The number of carbonyl (C=O) groups is 2. The van der Waals surface area contributed by atoms with Gasteiger partial charge in [0, 0.05) is 12.8 Å². The van der Waals surface area contributed by atoms with Crippen LogP contribution in [0, 0.1) is 0 Å². The minimum absolute atomic E-state index is 0.000395. The lowest BCUT2D eigenvalue weighted by molar-refractivity contribution is -0.143. The third-order valence-electron chi connectivity index (χ3n) is 15.7. The summed E-state index contributed by atoms with van der Waals surface area (Å²) in [5, 5.41) is 23.2. The van der Waals surface area contributed by atoms with E-state index in [0.717, 1.165) is 51.4 Å². The van der Waals surface area contributed by atoms with Crippen LogP contribution >= 0.6 is 0 Å². The molecule has 0 spiro atoms. The first kappa shape index (κ1) is 73.1. The zero-order valence-electron chi connectivity index (χ0n) is 50.5. The first-order valence-electron chi connectivity index (χ1n) is 33.8. The number of esters is 1. The highest BCUT2D eigenvalue weighted by molar-refractivity contribution is 5.76. The standard InChI is InChI=1S/C69H131NO5/c1-3-5-7-9-11-13-15-17-19-20-21-25-28-31-34-37-41-45-49-53-57-61-67(72)66(65-71)70-68(73)62-58-54-50-46-42-38-35-32-29-26-23-22-24-27-30-33-36-40-44-48-52-56-60-64-75-69(74)63-59-55-51-47-43-39-18-16-14-12-10-8-6-4-2/h10,12,16,18,57,61,66-67,71-72H,3-9,11,13-15,17,19-56,58-60,62-65H2,1-2H3,(H,70,73)/b12-10-,18-16-,61-57+. The maximum atomic E-state index is 12.5. The third kappa shape index (κ3) is 61.2. The number of aliphatic hydroxyl groups is 2. The highest BCUT2D eigenvalue weighted by atomic mass is 16.5. The molecule has 0 radical (unpaired) electrons. The van der Waals surface area contributed by atoms with Crippen LogP contribution < -0.4 is 5.32 Å². The summed E-state index contributed by atoms with van der Waals surface area (Å²) in [4.78, 5) is 24.6. The summed E-state index contributed by atoms with van der Waals surface area (Å²) in [5.74, 6) is -0.0647. The minimum Gasteiger partial charge on any atom is -0.466 e. The average molecular weight is 1050 g/mol. The van der Waals surface area contributed by atoms with Crippen molar-refractivity contribution in [3.8, 4) is 0 Å². The molecule has 0 aliphatic heterocycles. The Balaban J connectivity index is 3.41. The van der Waals surface area contributed by atoms with Crippen LogP contribution in [0.3, 0.4) is 0 Å². The molecule has 6 nitrogen and oxygen atoms in total. The van der Waals surface area contributed by atoms with Gasteiger partial charge in [0.05, 0.1) is 25.4 Å². The molecule has 1 amide bonds. The number of allylic oxidation sites excluding steroid dienone is 5. The number of unbranched alkanes of at least 4 members (excludes halogenated alkanes) is 48. The van der Waals surface area contributed by atoms with Crippen molar-refractivity contribution in [3.05, 3.63) is 36.5 Å². The van der Waals surface area contributed by atoms with E-state index < -0.39 is 12.1 Å². The number of carbonyl (C=O) groups excluding carboxylic acids is 2. The van der Waals surface area contributed by atoms with Gasteiger partial charge < -0.3 is 20.3 Å². The number of rotatable bonds is 63.